The molecule has 106 valence electrons. The van der Waals surface area contributed by atoms with Gasteiger partial charge in [-0.2, -0.15) is 0 Å². The summed E-state index contributed by atoms with van der Waals surface area (Å²) in [7, 11) is 0. The monoisotopic (exact) mass is 275 g/mol. The zero-order valence-corrected chi connectivity index (χ0v) is 11.1. The number of carboxylic acid groups (broad SMARTS) is 1. The van der Waals surface area contributed by atoms with Gasteiger partial charge < -0.3 is 14.6 Å². The average Bonchev–Trinajstić information content (AvgIpc) is 2.79. The lowest BCUT2D eigenvalue weighted by atomic mass is 10.1. The number of hydrogen-bond acceptors (Lipinski definition) is 4. The second kappa shape index (κ2) is 5.26. The van der Waals surface area contributed by atoms with Crippen molar-refractivity contribution in [2.75, 3.05) is 13.1 Å². The Morgan fingerprint density at radius 3 is 2.70 bits per heavy atom. The van der Waals surface area contributed by atoms with E-state index in [0.29, 0.717) is 23.3 Å². The number of furan rings is 1. The summed E-state index contributed by atoms with van der Waals surface area (Å²) in [6, 6.07) is 7.20. The molecule has 3 rings (SSSR count). The molecule has 0 spiro atoms. The third-order valence-electron chi connectivity index (χ3n) is 3.81. The van der Waals surface area contributed by atoms with Crippen molar-refractivity contribution in [3.05, 3.63) is 35.6 Å². The Bertz CT molecular complexity index is 626. The van der Waals surface area contributed by atoms with Crippen molar-refractivity contribution in [3.8, 4) is 0 Å². The molecule has 1 aromatic carbocycles. The number of para-hydroxylation sites is 1. The van der Waals surface area contributed by atoms with Crippen LogP contribution in [-0.4, -0.2) is 40.3 Å². The Morgan fingerprint density at radius 1 is 1.30 bits per heavy atom. The largest absolute Gasteiger partial charge is 0.478 e. The van der Waals surface area contributed by atoms with Crippen LogP contribution in [0, 0.1) is 0 Å². The minimum Gasteiger partial charge on any atom is -0.478 e. The van der Waals surface area contributed by atoms with Crippen molar-refractivity contribution in [1.29, 1.82) is 0 Å². The van der Waals surface area contributed by atoms with Gasteiger partial charge in [-0.05, 0) is 18.9 Å². The zero-order valence-electron chi connectivity index (χ0n) is 11.1. The lowest BCUT2D eigenvalue weighted by Gasteiger charge is -2.28. The number of fused-ring (bicyclic) bond motifs is 1. The van der Waals surface area contributed by atoms with Crippen LogP contribution in [0.15, 0.2) is 28.7 Å². The number of benzene rings is 1. The van der Waals surface area contributed by atoms with Crippen LogP contribution in [-0.2, 0) is 6.54 Å². The van der Waals surface area contributed by atoms with Crippen molar-refractivity contribution in [1.82, 2.24) is 4.90 Å². The van der Waals surface area contributed by atoms with Gasteiger partial charge in [0, 0.05) is 18.5 Å². The predicted octanol–water partition coefficient (Wildman–Crippen LogP) is 2.09. The molecule has 1 aliphatic rings. The first kappa shape index (κ1) is 13.1. The molecule has 0 amide bonds. The number of likely N-dealkylation sites (tertiary alicyclic amines) is 1. The molecule has 20 heavy (non-hydrogen) atoms. The van der Waals surface area contributed by atoms with E-state index in [1.807, 2.05) is 12.1 Å². The Labute approximate surface area is 116 Å². The summed E-state index contributed by atoms with van der Waals surface area (Å²) in [6.07, 6.45) is 1.21. The van der Waals surface area contributed by atoms with Crippen LogP contribution in [0.3, 0.4) is 0 Å². The summed E-state index contributed by atoms with van der Waals surface area (Å²) in [4.78, 5) is 13.6. The average molecular weight is 275 g/mol. The van der Waals surface area contributed by atoms with Crippen LogP contribution in [0.4, 0.5) is 0 Å². The summed E-state index contributed by atoms with van der Waals surface area (Å²) in [5.41, 5.74) is 0.865. The van der Waals surface area contributed by atoms with Gasteiger partial charge in [-0.15, -0.1) is 0 Å². The summed E-state index contributed by atoms with van der Waals surface area (Å²) >= 11 is 0. The van der Waals surface area contributed by atoms with E-state index in [1.54, 1.807) is 12.1 Å². The molecular weight excluding hydrogens is 258 g/mol. The van der Waals surface area contributed by atoms with Gasteiger partial charge in [0.2, 0.25) is 0 Å². The van der Waals surface area contributed by atoms with Crippen molar-refractivity contribution < 1.29 is 19.4 Å². The number of carboxylic acids is 1. The van der Waals surface area contributed by atoms with E-state index in [4.69, 9.17) is 4.42 Å². The van der Waals surface area contributed by atoms with E-state index in [2.05, 4.69) is 4.90 Å². The fourth-order valence-corrected chi connectivity index (χ4v) is 2.72. The Morgan fingerprint density at radius 2 is 2.00 bits per heavy atom. The maximum atomic E-state index is 11.5. The van der Waals surface area contributed by atoms with Gasteiger partial charge in [-0.3, -0.25) is 4.90 Å². The molecule has 0 atom stereocenters. The number of hydrogen-bond donors (Lipinski definition) is 2. The lowest BCUT2D eigenvalue weighted by molar-refractivity contribution is 0.0674. The number of rotatable bonds is 3. The van der Waals surface area contributed by atoms with Crippen LogP contribution < -0.4 is 0 Å². The molecule has 1 fully saturated rings. The minimum absolute atomic E-state index is 0.235. The van der Waals surface area contributed by atoms with Crippen LogP contribution >= 0.6 is 0 Å². The fraction of sp³-hybridized carbons (Fsp3) is 0.400. The van der Waals surface area contributed by atoms with Gasteiger partial charge >= 0.3 is 5.97 Å². The summed E-state index contributed by atoms with van der Waals surface area (Å²) < 4.78 is 5.71. The smallest absolute Gasteiger partial charge is 0.339 e. The molecule has 0 saturated carbocycles. The molecule has 0 aliphatic carbocycles. The molecule has 0 unspecified atom stereocenters. The fourth-order valence-electron chi connectivity index (χ4n) is 2.72. The maximum Gasteiger partial charge on any atom is 0.339 e. The molecule has 0 radical (unpaired) electrons. The highest BCUT2D eigenvalue weighted by molar-refractivity contribution is 6.03. The number of aliphatic hydroxyl groups excluding tert-OH is 1. The third kappa shape index (κ3) is 2.42. The highest BCUT2D eigenvalue weighted by atomic mass is 16.4. The molecule has 1 saturated heterocycles. The first-order valence-electron chi connectivity index (χ1n) is 6.79. The lowest BCUT2D eigenvalue weighted by Crippen LogP contribution is -2.35. The van der Waals surface area contributed by atoms with Gasteiger partial charge in [0.15, 0.2) is 0 Å². The topological polar surface area (TPSA) is 73.9 Å². The van der Waals surface area contributed by atoms with Crippen LogP contribution in [0.2, 0.25) is 0 Å². The Balaban J connectivity index is 1.90. The number of nitrogens with zero attached hydrogens (tertiary/aromatic N) is 1. The molecule has 1 aromatic heterocycles. The highest BCUT2D eigenvalue weighted by Crippen LogP contribution is 2.27. The summed E-state index contributed by atoms with van der Waals surface area (Å²) in [5.74, 6) is -0.461. The second-order valence-electron chi connectivity index (χ2n) is 5.21. The van der Waals surface area contributed by atoms with Gasteiger partial charge in [-0.1, -0.05) is 18.2 Å². The molecular formula is C15H17NO4. The molecule has 0 bridgehead atoms. The molecule has 2 N–H and O–H groups in total. The van der Waals surface area contributed by atoms with Crippen LogP contribution in [0.25, 0.3) is 11.0 Å². The number of aliphatic hydroxyl groups is 1. The zero-order chi connectivity index (χ0) is 14.1. The summed E-state index contributed by atoms with van der Waals surface area (Å²) in [6.45, 7) is 2.00. The first-order chi connectivity index (χ1) is 9.65. The van der Waals surface area contributed by atoms with E-state index in [1.165, 1.54) is 0 Å². The molecule has 2 aromatic rings. The van der Waals surface area contributed by atoms with Gasteiger partial charge in [0.05, 0.1) is 12.6 Å². The summed E-state index contributed by atoms with van der Waals surface area (Å²) in [5, 5.41) is 19.6. The molecule has 2 heterocycles. The molecule has 1 aliphatic heterocycles. The quantitative estimate of drug-likeness (QED) is 0.897. The van der Waals surface area contributed by atoms with Gasteiger partial charge in [0.1, 0.15) is 16.9 Å². The molecule has 5 heteroatoms. The third-order valence-corrected chi connectivity index (χ3v) is 3.81. The molecule has 5 nitrogen and oxygen atoms in total. The van der Waals surface area contributed by atoms with Crippen molar-refractivity contribution >= 4 is 16.9 Å². The van der Waals surface area contributed by atoms with Crippen molar-refractivity contribution in [3.63, 3.8) is 0 Å². The van der Waals surface area contributed by atoms with Crippen molar-refractivity contribution in [2.45, 2.75) is 25.5 Å². The van der Waals surface area contributed by atoms with Gasteiger partial charge in [0.25, 0.3) is 0 Å². The van der Waals surface area contributed by atoms with Gasteiger partial charge in [-0.25, -0.2) is 4.79 Å². The Kier molecular flexibility index (Phi) is 3.46. The van der Waals surface area contributed by atoms with E-state index >= 15 is 0 Å². The van der Waals surface area contributed by atoms with Crippen LogP contribution in [0.1, 0.15) is 29.0 Å². The number of carbonyl (C=O) groups is 1. The Hall–Kier alpha value is -1.85. The van der Waals surface area contributed by atoms with E-state index < -0.39 is 5.97 Å². The van der Waals surface area contributed by atoms with E-state index in [0.717, 1.165) is 25.9 Å². The van der Waals surface area contributed by atoms with Crippen molar-refractivity contribution in [2.24, 2.45) is 0 Å². The number of piperidine rings is 1. The minimum atomic E-state index is -0.956. The van der Waals surface area contributed by atoms with E-state index in [-0.39, 0.29) is 11.7 Å². The maximum absolute atomic E-state index is 11.5. The standard InChI is InChI=1S/C15H17NO4/c17-10-5-7-16(8-6-10)9-13-14(15(18)19)11-3-1-2-4-12(11)20-13/h1-4,10,17H,5-9H2,(H,18,19). The van der Waals surface area contributed by atoms with Crippen LogP contribution in [0.5, 0.6) is 0 Å². The predicted molar refractivity (Wildman–Crippen MR) is 73.7 cm³/mol. The number of aromatic carboxylic acids is 1. The first-order valence-corrected chi connectivity index (χ1v) is 6.79. The SMILES string of the molecule is O=C(O)c1c(CN2CCC(O)CC2)oc2ccccc12. The highest BCUT2D eigenvalue weighted by Gasteiger charge is 2.24. The normalized spacial score (nSPS) is 17.6. The second-order valence-corrected chi connectivity index (χ2v) is 5.21. The van der Waals surface area contributed by atoms with E-state index in [9.17, 15) is 15.0 Å².